The van der Waals surface area contributed by atoms with Crippen LogP contribution in [0.2, 0.25) is 0 Å². The Morgan fingerprint density at radius 1 is 0.821 bits per heavy atom. The lowest BCUT2D eigenvalue weighted by Gasteiger charge is -2.34. The molecule has 1 heterocycles. The van der Waals surface area contributed by atoms with Crippen LogP contribution in [0.4, 0.5) is 5.69 Å². The minimum Gasteiger partial charge on any atom is -0.371 e. The SMILES string of the molecule is SCc1cccc(N2CCCC(CCc3cccc(-c4ccccc4)c3)C2)c1. The van der Waals surface area contributed by atoms with Gasteiger partial charge in [-0.25, -0.2) is 0 Å². The van der Waals surface area contributed by atoms with E-state index in [2.05, 4.69) is 96.4 Å². The average Bonchev–Trinajstić information content (AvgIpc) is 2.79. The number of hydrogen-bond acceptors (Lipinski definition) is 2. The first-order valence-corrected chi connectivity index (χ1v) is 11.0. The zero-order valence-corrected chi connectivity index (χ0v) is 17.3. The molecule has 1 unspecified atom stereocenters. The first-order chi connectivity index (χ1) is 13.8. The Morgan fingerprint density at radius 2 is 1.61 bits per heavy atom. The van der Waals surface area contributed by atoms with Gasteiger partial charge in [-0.1, -0.05) is 66.7 Å². The molecule has 1 fully saturated rings. The molecule has 0 amide bonds. The molecular formula is C26H29NS. The van der Waals surface area contributed by atoms with E-state index in [-0.39, 0.29) is 0 Å². The van der Waals surface area contributed by atoms with E-state index in [1.54, 1.807) is 0 Å². The molecule has 0 aliphatic carbocycles. The van der Waals surface area contributed by atoms with Gasteiger partial charge in [0.25, 0.3) is 0 Å². The van der Waals surface area contributed by atoms with Gasteiger partial charge in [-0.3, -0.25) is 0 Å². The molecule has 0 spiro atoms. The predicted molar refractivity (Wildman–Crippen MR) is 124 cm³/mol. The van der Waals surface area contributed by atoms with E-state index in [0.29, 0.717) is 0 Å². The standard InChI is InChI=1S/C26H29NS/c28-20-23-8-5-13-26(18-23)27-16-6-9-22(19-27)15-14-21-7-4-12-25(17-21)24-10-2-1-3-11-24/h1-5,7-8,10-13,17-18,22,28H,6,9,14-16,19-20H2. The number of hydrogen-bond donors (Lipinski definition) is 1. The van der Waals surface area contributed by atoms with Gasteiger partial charge in [0.15, 0.2) is 0 Å². The van der Waals surface area contributed by atoms with E-state index in [1.165, 1.54) is 60.3 Å². The molecule has 0 bridgehead atoms. The van der Waals surface area contributed by atoms with Crippen molar-refractivity contribution < 1.29 is 0 Å². The third-order valence-electron chi connectivity index (χ3n) is 5.85. The summed E-state index contributed by atoms with van der Waals surface area (Å²) in [6.45, 7) is 2.35. The summed E-state index contributed by atoms with van der Waals surface area (Å²) in [6.07, 6.45) is 5.07. The zero-order chi connectivity index (χ0) is 19.2. The lowest BCUT2D eigenvalue weighted by Crippen LogP contribution is -2.35. The molecule has 1 nitrogen and oxygen atoms in total. The number of anilines is 1. The van der Waals surface area contributed by atoms with Crippen LogP contribution in [0.5, 0.6) is 0 Å². The topological polar surface area (TPSA) is 3.24 Å². The van der Waals surface area contributed by atoms with Gasteiger partial charge in [0, 0.05) is 24.5 Å². The summed E-state index contributed by atoms with van der Waals surface area (Å²) in [7, 11) is 0. The van der Waals surface area contributed by atoms with Gasteiger partial charge in [0.1, 0.15) is 0 Å². The van der Waals surface area contributed by atoms with Crippen LogP contribution in [0.1, 0.15) is 30.4 Å². The lowest BCUT2D eigenvalue weighted by molar-refractivity contribution is 0.391. The van der Waals surface area contributed by atoms with E-state index in [4.69, 9.17) is 0 Å². The van der Waals surface area contributed by atoms with E-state index in [1.807, 2.05) is 0 Å². The Morgan fingerprint density at radius 3 is 2.46 bits per heavy atom. The third-order valence-corrected chi connectivity index (χ3v) is 6.22. The van der Waals surface area contributed by atoms with Crippen molar-refractivity contribution in [2.75, 3.05) is 18.0 Å². The molecule has 1 aliphatic rings. The van der Waals surface area contributed by atoms with Gasteiger partial charge in [0.05, 0.1) is 0 Å². The second kappa shape index (κ2) is 9.34. The minimum absolute atomic E-state index is 0.772. The summed E-state index contributed by atoms with van der Waals surface area (Å²) in [5.41, 5.74) is 6.75. The van der Waals surface area contributed by atoms with Gasteiger partial charge >= 0.3 is 0 Å². The summed E-state index contributed by atoms with van der Waals surface area (Å²) in [4.78, 5) is 2.57. The fourth-order valence-electron chi connectivity index (χ4n) is 4.29. The van der Waals surface area contributed by atoms with Crippen LogP contribution in [0.25, 0.3) is 11.1 Å². The van der Waals surface area contributed by atoms with Gasteiger partial charge in [-0.15, -0.1) is 0 Å². The van der Waals surface area contributed by atoms with Crippen LogP contribution >= 0.6 is 12.6 Å². The minimum atomic E-state index is 0.772. The largest absolute Gasteiger partial charge is 0.371 e. The van der Waals surface area contributed by atoms with Gasteiger partial charge in [-0.2, -0.15) is 12.6 Å². The molecule has 0 N–H and O–H groups in total. The molecule has 0 aromatic heterocycles. The predicted octanol–water partition coefficient (Wildman–Crippen LogP) is 6.63. The fourth-order valence-corrected chi connectivity index (χ4v) is 4.49. The van der Waals surface area contributed by atoms with Gasteiger partial charge < -0.3 is 4.90 Å². The maximum absolute atomic E-state index is 4.43. The molecule has 3 aromatic carbocycles. The normalized spacial score (nSPS) is 16.9. The van der Waals surface area contributed by atoms with Crippen LogP contribution in [0.15, 0.2) is 78.9 Å². The fraction of sp³-hybridized carbons (Fsp3) is 0.308. The summed E-state index contributed by atoms with van der Waals surface area (Å²) in [5, 5.41) is 0. The molecule has 1 aliphatic heterocycles. The van der Waals surface area contributed by atoms with Crippen molar-refractivity contribution in [3.05, 3.63) is 90.0 Å². The Kier molecular flexibility index (Phi) is 6.38. The number of rotatable bonds is 6. The molecule has 4 rings (SSSR count). The van der Waals surface area contributed by atoms with Gasteiger partial charge in [-0.05, 0) is 66.0 Å². The number of nitrogens with zero attached hydrogens (tertiary/aromatic N) is 1. The van der Waals surface area contributed by atoms with E-state index in [0.717, 1.165) is 18.1 Å². The van der Waals surface area contributed by atoms with Crippen molar-refractivity contribution in [1.29, 1.82) is 0 Å². The molecule has 1 saturated heterocycles. The summed E-state index contributed by atoms with van der Waals surface area (Å²) >= 11 is 4.43. The highest BCUT2D eigenvalue weighted by Crippen LogP contribution is 2.28. The Labute approximate surface area is 174 Å². The molecule has 3 aromatic rings. The van der Waals surface area contributed by atoms with Crippen molar-refractivity contribution in [2.24, 2.45) is 5.92 Å². The van der Waals surface area contributed by atoms with Gasteiger partial charge in [0.2, 0.25) is 0 Å². The summed E-state index contributed by atoms with van der Waals surface area (Å²) in [6, 6.07) is 28.6. The smallest absolute Gasteiger partial charge is 0.0369 e. The highest BCUT2D eigenvalue weighted by molar-refractivity contribution is 7.79. The van der Waals surface area contributed by atoms with Crippen molar-refractivity contribution in [3.8, 4) is 11.1 Å². The highest BCUT2D eigenvalue weighted by atomic mass is 32.1. The number of aryl methyl sites for hydroxylation is 1. The molecule has 0 radical (unpaired) electrons. The van der Waals surface area contributed by atoms with Crippen LogP contribution in [0, 0.1) is 5.92 Å². The third kappa shape index (κ3) is 4.80. The highest BCUT2D eigenvalue weighted by Gasteiger charge is 2.20. The Bertz CT molecular complexity index is 890. The number of benzene rings is 3. The average molecular weight is 388 g/mol. The summed E-state index contributed by atoms with van der Waals surface area (Å²) < 4.78 is 0. The maximum atomic E-state index is 4.43. The second-order valence-electron chi connectivity index (χ2n) is 7.89. The maximum Gasteiger partial charge on any atom is 0.0369 e. The van der Waals surface area contributed by atoms with Crippen molar-refractivity contribution in [2.45, 2.75) is 31.4 Å². The Balaban J connectivity index is 1.38. The van der Waals surface area contributed by atoms with Crippen molar-refractivity contribution >= 4 is 18.3 Å². The van der Waals surface area contributed by atoms with E-state index in [9.17, 15) is 0 Å². The molecular weight excluding hydrogens is 358 g/mol. The monoisotopic (exact) mass is 387 g/mol. The van der Waals surface area contributed by atoms with Crippen molar-refractivity contribution in [1.82, 2.24) is 0 Å². The number of thiol groups is 1. The summed E-state index contributed by atoms with van der Waals surface area (Å²) in [5.74, 6) is 1.58. The molecule has 28 heavy (non-hydrogen) atoms. The molecule has 2 heteroatoms. The first-order valence-electron chi connectivity index (χ1n) is 10.4. The molecule has 1 atom stereocenters. The van der Waals surface area contributed by atoms with Crippen LogP contribution in [-0.4, -0.2) is 13.1 Å². The van der Waals surface area contributed by atoms with Crippen LogP contribution < -0.4 is 4.90 Å². The second-order valence-corrected chi connectivity index (χ2v) is 8.20. The van der Waals surface area contributed by atoms with Crippen molar-refractivity contribution in [3.63, 3.8) is 0 Å². The quantitative estimate of drug-likeness (QED) is 0.464. The van der Waals surface area contributed by atoms with E-state index >= 15 is 0 Å². The number of piperidine rings is 1. The molecule has 144 valence electrons. The zero-order valence-electron chi connectivity index (χ0n) is 16.4. The van der Waals surface area contributed by atoms with Crippen LogP contribution in [-0.2, 0) is 12.2 Å². The van der Waals surface area contributed by atoms with Crippen LogP contribution in [0.3, 0.4) is 0 Å². The first kappa shape index (κ1) is 19.1. The lowest BCUT2D eigenvalue weighted by atomic mass is 9.90. The molecule has 0 saturated carbocycles. The Hall–Kier alpha value is -2.19. The van der Waals surface area contributed by atoms with E-state index < -0.39 is 0 Å².